The fourth-order valence-electron chi connectivity index (χ4n) is 7.24. The highest BCUT2D eigenvalue weighted by atomic mass is 35.5. The van der Waals surface area contributed by atoms with E-state index < -0.39 is 11.9 Å². The van der Waals surface area contributed by atoms with Gasteiger partial charge in [0.15, 0.2) is 5.69 Å². The molecule has 5 atom stereocenters. The summed E-state index contributed by atoms with van der Waals surface area (Å²) in [7, 11) is 0. The molecule has 0 radical (unpaired) electrons. The summed E-state index contributed by atoms with van der Waals surface area (Å²) in [4.78, 5) is 18.6. The third-order valence-corrected chi connectivity index (χ3v) is 10.1. The van der Waals surface area contributed by atoms with Crippen LogP contribution in [0.3, 0.4) is 0 Å². The second-order valence-corrected chi connectivity index (χ2v) is 13.5. The van der Waals surface area contributed by atoms with Crippen LogP contribution in [-0.2, 0) is 11.6 Å². The quantitative estimate of drug-likeness (QED) is 0.264. The van der Waals surface area contributed by atoms with Crippen molar-refractivity contribution in [1.29, 1.82) is 0 Å². The fourth-order valence-corrected chi connectivity index (χ4v) is 7.42. The second-order valence-electron chi connectivity index (χ2n) is 13.0. The average molecular weight is 654 g/mol. The number of hydrogen-bond acceptors (Lipinski definition) is 6. The first-order valence-electron chi connectivity index (χ1n) is 15.9. The van der Waals surface area contributed by atoms with Crippen molar-refractivity contribution in [2.45, 2.75) is 69.6 Å². The number of rotatable bonds is 4. The highest BCUT2D eigenvalue weighted by Gasteiger charge is 2.41. The lowest BCUT2D eigenvalue weighted by molar-refractivity contribution is -0.141. The molecule has 2 N–H and O–H groups in total. The molecule has 3 unspecified atom stereocenters. The summed E-state index contributed by atoms with van der Waals surface area (Å²) in [6.07, 6.45) is 2.51. The maximum atomic E-state index is 13.9. The Morgan fingerprint density at radius 3 is 2.61 bits per heavy atom. The van der Waals surface area contributed by atoms with Crippen LogP contribution in [0.1, 0.15) is 63.3 Å². The summed E-state index contributed by atoms with van der Waals surface area (Å²) in [6.45, 7) is 7.32. The molecule has 0 aliphatic carbocycles. The maximum absolute atomic E-state index is 13.9. The number of hydrogen-bond donors (Lipinski definition) is 2. The van der Waals surface area contributed by atoms with Crippen LogP contribution in [0, 0.1) is 11.8 Å². The second kappa shape index (κ2) is 13.3. The van der Waals surface area contributed by atoms with E-state index >= 15 is 0 Å². The molecular formula is C34H39ClF3N7O. The number of benzene rings is 2. The number of nitrogens with one attached hydrogen (secondary N) is 2. The van der Waals surface area contributed by atoms with Crippen LogP contribution < -0.4 is 16.2 Å². The predicted octanol–water partition coefficient (Wildman–Crippen LogP) is 6.44. The Morgan fingerprint density at radius 1 is 1.07 bits per heavy atom. The molecule has 4 aromatic rings. The molecule has 2 aromatic heterocycles. The van der Waals surface area contributed by atoms with Crippen molar-refractivity contribution in [3.8, 4) is 16.9 Å². The molecule has 6 rings (SSSR count). The molecule has 0 amide bonds. The van der Waals surface area contributed by atoms with Gasteiger partial charge in [-0.05, 0) is 74.4 Å². The van der Waals surface area contributed by atoms with E-state index in [2.05, 4.69) is 70.1 Å². The zero-order chi connectivity index (χ0) is 32.5. The standard InChI is InChI=1S/C34H39ClF3N7O/c1-22-7-6-10-30(28-15-24(13-14-40-28)33(2,20-39-18-22)23-8-4-3-5-9-23)44-21-41-27(17-32(44)46)26-16-25(35)11-12-29(26)45-19-31(42-43-45)34(36,37)38/h3-5,8-9,11-12,16-17,19,21-22,24,28,30,39-40H,6-7,10,13-15,18,20H2,1-2H3/t22-,24?,28?,30+,33?/m1/s1. The van der Waals surface area contributed by atoms with Gasteiger partial charge in [0.05, 0.1) is 29.9 Å². The van der Waals surface area contributed by atoms with Crippen molar-refractivity contribution < 1.29 is 13.2 Å². The lowest BCUT2D eigenvalue weighted by Gasteiger charge is -2.45. The minimum Gasteiger partial charge on any atom is -0.316 e. The zero-order valence-corrected chi connectivity index (χ0v) is 26.7. The van der Waals surface area contributed by atoms with Crippen LogP contribution in [0.15, 0.2) is 71.9 Å². The Bertz CT molecular complexity index is 1710. The predicted molar refractivity (Wildman–Crippen MR) is 172 cm³/mol. The van der Waals surface area contributed by atoms with E-state index in [1.165, 1.54) is 11.6 Å². The van der Waals surface area contributed by atoms with E-state index in [9.17, 15) is 18.0 Å². The smallest absolute Gasteiger partial charge is 0.316 e. The summed E-state index contributed by atoms with van der Waals surface area (Å²) in [5.74, 6) is 0.883. The van der Waals surface area contributed by atoms with E-state index in [1.807, 2.05) is 0 Å². The first-order chi connectivity index (χ1) is 22.0. The van der Waals surface area contributed by atoms with Crippen molar-refractivity contribution in [3.63, 3.8) is 0 Å². The van der Waals surface area contributed by atoms with E-state index in [0.29, 0.717) is 28.1 Å². The van der Waals surface area contributed by atoms with Gasteiger partial charge in [-0.2, -0.15) is 13.2 Å². The van der Waals surface area contributed by atoms with Crippen molar-refractivity contribution in [2.24, 2.45) is 11.8 Å². The monoisotopic (exact) mass is 653 g/mol. The van der Waals surface area contributed by atoms with E-state index in [0.717, 1.165) is 62.6 Å². The fraction of sp³-hybridized carbons (Fsp3) is 0.471. The van der Waals surface area contributed by atoms with E-state index in [1.54, 1.807) is 29.1 Å². The number of fused-ring (bicyclic) bond motifs is 2. The zero-order valence-electron chi connectivity index (χ0n) is 26.0. The summed E-state index contributed by atoms with van der Waals surface area (Å²) >= 11 is 6.30. The van der Waals surface area contributed by atoms with Gasteiger partial charge in [0.1, 0.15) is 0 Å². The molecule has 12 heteroatoms. The largest absolute Gasteiger partial charge is 0.436 e. The molecule has 244 valence electrons. The van der Waals surface area contributed by atoms with Gasteiger partial charge >= 0.3 is 6.18 Å². The average Bonchev–Trinajstić information content (AvgIpc) is 3.55. The molecule has 2 aliphatic heterocycles. The van der Waals surface area contributed by atoms with Gasteiger partial charge in [-0.15, -0.1) is 5.10 Å². The van der Waals surface area contributed by atoms with E-state index in [4.69, 9.17) is 11.6 Å². The van der Waals surface area contributed by atoms with Gasteiger partial charge in [0.25, 0.3) is 5.56 Å². The van der Waals surface area contributed by atoms with Gasteiger partial charge in [-0.3, -0.25) is 9.36 Å². The van der Waals surface area contributed by atoms with Crippen LogP contribution in [0.5, 0.6) is 0 Å². The topological polar surface area (TPSA) is 89.7 Å². The molecule has 2 aromatic carbocycles. The Balaban J connectivity index is 1.35. The van der Waals surface area contributed by atoms with Crippen molar-refractivity contribution in [1.82, 2.24) is 35.2 Å². The Morgan fingerprint density at radius 2 is 1.87 bits per heavy atom. The van der Waals surface area contributed by atoms with Gasteiger partial charge in [0.2, 0.25) is 0 Å². The van der Waals surface area contributed by atoms with Crippen LogP contribution in [0.4, 0.5) is 13.2 Å². The molecule has 8 nitrogen and oxygen atoms in total. The van der Waals surface area contributed by atoms with Crippen LogP contribution in [0.25, 0.3) is 16.9 Å². The Hall–Kier alpha value is -3.54. The molecule has 0 spiro atoms. The normalized spacial score (nSPS) is 26.2. The van der Waals surface area contributed by atoms with E-state index in [-0.39, 0.29) is 28.7 Å². The first kappa shape index (κ1) is 32.4. The Labute approximate surface area is 271 Å². The number of halogens is 4. The minimum atomic E-state index is -4.64. The molecule has 4 heterocycles. The first-order valence-corrected chi connectivity index (χ1v) is 16.3. The lowest BCUT2D eigenvalue weighted by Crippen LogP contribution is -2.52. The summed E-state index contributed by atoms with van der Waals surface area (Å²) in [5.41, 5.74) is 0.853. The van der Waals surface area contributed by atoms with Gasteiger partial charge in [-0.1, -0.05) is 67.4 Å². The lowest BCUT2D eigenvalue weighted by atomic mass is 9.66. The molecule has 46 heavy (non-hydrogen) atoms. The summed E-state index contributed by atoms with van der Waals surface area (Å²) < 4.78 is 42.5. The minimum absolute atomic E-state index is 0.0690. The molecule has 2 aliphatic rings. The highest BCUT2D eigenvalue weighted by molar-refractivity contribution is 6.31. The molecule has 0 saturated carbocycles. The van der Waals surface area contributed by atoms with Gasteiger partial charge in [-0.25, -0.2) is 9.67 Å². The number of alkyl halides is 3. The van der Waals surface area contributed by atoms with Gasteiger partial charge < -0.3 is 10.6 Å². The number of aromatic nitrogens is 5. The van der Waals surface area contributed by atoms with Crippen molar-refractivity contribution in [3.05, 3.63) is 93.8 Å². The summed E-state index contributed by atoms with van der Waals surface area (Å²) in [6, 6.07) is 16.8. The summed E-state index contributed by atoms with van der Waals surface area (Å²) in [5, 5.41) is 14.8. The number of piperidine rings is 1. The Kier molecular flexibility index (Phi) is 9.36. The van der Waals surface area contributed by atoms with Crippen molar-refractivity contribution in [2.75, 3.05) is 19.6 Å². The highest BCUT2D eigenvalue weighted by Crippen LogP contribution is 2.41. The maximum Gasteiger partial charge on any atom is 0.436 e. The molecule has 2 saturated heterocycles. The molecular weight excluding hydrogens is 615 g/mol. The van der Waals surface area contributed by atoms with Gasteiger partial charge in [0, 0.05) is 34.7 Å². The molecule has 2 bridgehead atoms. The van der Waals surface area contributed by atoms with Crippen molar-refractivity contribution >= 4 is 11.6 Å². The van der Waals surface area contributed by atoms with Crippen LogP contribution in [-0.4, -0.2) is 50.2 Å². The molecule has 2 fully saturated rings. The third-order valence-electron chi connectivity index (χ3n) is 9.88. The number of nitrogens with zero attached hydrogens (tertiary/aromatic N) is 5. The third kappa shape index (κ3) is 6.77. The van der Waals surface area contributed by atoms with Crippen LogP contribution >= 0.6 is 11.6 Å². The van der Waals surface area contributed by atoms with Crippen LogP contribution in [0.2, 0.25) is 5.02 Å². The SMILES string of the molecule is C[C@@H]1CCC[C@H](n2cnc(-c3cc(Cl)ccc3-n3cc(C(F)(F)F)nn3)cc2=O)C2CC(CCN2)C(C)(c2ccccc2)CNC1.